The molecule has 6 heteroatoms. The molecule has 1 fully saturated rings. The van der Waals surface area contributed by atoms with Crippen LogP contribution in [0.5, 0.6) is 5.75 Å². The maximum Gasteiger partial charge on any atom is 0.165 e. The fraction of sp³-hybridized carbons (Fsp3) is 0.520. The number of aromatic nitrogens is 3. The Hall–Kier alpha value is -2.60. The number of nitrogens with zero attached hydrogens (tertiary/aromatic N) is 4. The number of fused-ring (bicyclic) bond motifs is 4. The summed E-state index contributed by atoms with van der Waals surface area (Å²) in [5.74, 6) is 1.82. The van der Waals surface area contributed by atoms with Crippen LogP contribution in [0.3, 0.4) is 0 Å². The van der Waals surface area contributed by atoms with Crippen LogP contribution < -0.4 is 10.1 Å². The summed E-state index contributed by atoms with van der Waals surface area (Å²) in [4.78, 5) is 7.50. The average Bonchev–Trinajstić information content (AvgIpc) is 3.14. The van der Waals surface area contributed by atoms with E-state index in [-0.39, 0.29) is 0 Å². The number of hydrogen-bond acceptors (Lipinski definition) is 5. The molecule has 0 spiro atoms. The predicted octanol–water partition coefficient (Wildman–Crippen LogP) is 4.78. The second-order valence-electron chi connectivity index (χ2n) is 9.90. The summed E-state index contributed by atoms with van der Waals surface area (Å²) in [5.41, 5.74) is 4.59. The Morgan fingerprint density at radius 3 is 2.97 bits per heavy atom. The quantitative estimate of drug-likeness (QED) is 0.615. The van der Waals surface area contributed by atoms with Gasteiger partial charge in [-0.2, -0.15) is 5.10 Å². The third-order valence-corrected chi connectivity index (χ3v) is 6.78. The van der Waals surface area contributed by atoms with E-state index in [4.69, 9.17) is 9.72 Å². The molecule has 0 saturated heterocycles. The number of hydrogen-bond donors (Lipinski definition) is 1. The molecule has 1 N–H and O–H groups in total. The van der Waals surface area contributed by atoms with Gasteiger partial charge < -0.3 is 10.1 Å². The Labute approximate surface area is 184 Å². The lowest BCUT2D eigenvalue weighted by molar-refractivity contribution is 0.0850. The van der Waals surface area contributed by atoms with Gasteiger partial charge in [0, 0.05) is 37.4 Å². The number of nitrogens with one attached hydrogen (secondary N) is 1. The van der Waals surface area contributed by atoms with Crippen molar-refractivity contribution < 1.29 is 4.74 Å². The number of ether oxygens (including phenoxy) is 1. The molecule has 0 radical (unpaired) electrons. The third kappa shape index (κ3) is 4.40. The molecule has 1 aliphatic heterocycles. The normalized spacial score (nSPS) is 22.0. The van der Waals surface area contributed by atoms with Crippen LogP contribution in [0, 0.1) is 12.3 Å². The van der Waals surface area contributed by atoms with Crippen LogP contribution in [0.15, 0.2) is 36.7 Å². The van der Waals surface area contributed by atoms with Gasteiger partial charge in [0.2, 0.25) is 0 Å². The lowest BCUT2D eigenvalue weighted by Gasteiger charge is -2.41. The molecule has 3 heterocycles. The summed E-state index contributed by atoms with van der Waals surface area (Å²) in [5, 5.41) is 8.04. The fourth-order valence-electron chi connectivity index (χ4n) is 5.21. The zero-order chi connectivity index (χ0) is 21.4. The van der Waals surface area contributed by atoms with Crippen molar-refractivity contribution in [3.63, 3.8) is 0 Å². The fourth-order valence-corrected chi connectivity index (χ4v) is 5.21. The second kappa shape index (κ2) is 8.15. The minimum atomic E-state index is 0.423. The van der Waals surface area contributed by atoms with Crippen molar-refractivity contribution >= 4 is 11.5 Å². The van der Waals surface area contributed by atoms with Crippen molar-refractivity contribution in [2.45, 2.75) is 52.5 Å². The highest BCUT2D eigenvalue weighted by Gasteiger charge is 2.31. The van der Waals surface area contributed by atoms with Crippen molar-refractivity contribution in [3.8, 4) is 16.9 Å². The number of rotatable bonds is 1. The molecule has 3 aromatic rings. The van der Waals surface area contributed by atoms with E-state index in [1.54, 1.807) is 0 Å². The summed E-state index contributed by atoms with van der Waals surface area (Å²) in [6.07, 6.45) is 9.05. The topological polar surface area (TPSA) is 54.7 Å². The van der Waals surface area contributed by atoms with Crippen LogP contribution in [0.1, 0.15) is 45.1 Å². The predicted molar refractivity (Wildman–Crippen MR) is 125 cm³/mol. The largest absolute Gasteiger partial charge is 0.492 e. The summed E-state index contributed by atoms with van der Waals surface area (Å²) >= 11 is 0. The molecule has 1 unspecified atom stereocenters. The van der Waals surface area contributed by atoms with Gasteiger partial charge in [0.05, 0.1) is 6.20 Å². The van der Waals surface area contributed by atoms with Gasteiger partial charge in [-0.05, 0) is 60.9 Å². The van der Waals surface area contributed by atoms with Crippen molar-refractivity contribution in [1.82, 2.24) is 19.5 Å². The summed E-state index contributed by atoms with van der Waals surface area (Å²) in [6.45, 7) is 10.4. The average molecular weight is 420 g/mol. The summed E-state index contributed by atoms with van der Waals surface area (Å²) < 4.78 is 8.10. The second-order valence-corrected chi connectivity index (χ2v) is 9.90. The first kappa shape index (κ1) is 20.3. The van der Waals surface area contributed by atoms with Gasteiger partial charge in [0.25, 0.3) is 0 Å². The molecule has 6 nitrogen and oxygen atoms in total. The smallest absolute Gasteiger partial charge is 0.165 e. The van der Waals surface area contributed by atoms with Crippen LogP contribution in [0.4, 0.5) is 5.82 Å². The van der Waals surface area contributed by atoms with Crippen molar-refractivity contribution in [2.75, 3.05) is 31.6 Å². The van der Waals surface area contributed by atoms with Crippen LogP contribution in [0.25, 0.3) is 16.8 Å². The first-order valence-corrected chi connectivity index (χ1v) is 11.5. The van der Waals surface area contributed by atoms with Gasteiger partial charge in [-0.25, -0.2) is 9.50 Å². The maximum absolute atomic E-state index is 6.26. The Morgan fingerprint density at radius 1 is 1.19 bits per heavy atom. The Balaban J connectivity index is 1.47. The lowest BCUT2D eigenvalue weighted by atomic mass is 9.74. The van der Waals surface area contributed by atoms with Crippen molar-refractivity contribution in [1.29, 1.82) is 0 Å². The zero-order valence-electron chi connectivity index (χ0n) is 18.9. The SMILES string of the molecule is Cc1cc2cc(c1)-c1cnn3ccc(nc13)NCCN(C1CCCC(C)(C)C1)CCO2. The highest BCUT2D eigenvalue weighted by atomic mass is 16.5. The Bertz CT molecular complexity index is 1070. The van der Waals surface area contributed by atoms with Crippen LogP contribution in [-0.2, 0) is 0 Å². The van der Waals surface area contributed by atoms with Crippen molar-refractivity contribution in [2.24, 2.45) is 5.41 Å². The van der Waals surface area contributed by atoms with E-state index in [1.165, 1.54) is 31.2 Å². The molecular weight excluding hydrogens is 386 g/mol. The standard InChI is InChI=1S/C25H33N5O/c1-18-13-19-15-21(14-18)31-12-11-29(20-5-4-7-25(2,3)16-20)10-8-26-23-6-9-30-24(28-23)22(19)17-27-30/h6,9,13-15,17,20H,4-5,7-8,10-12,16H2,1-3H3,(H,26,28). The van der Waals surface area contributed by atoms with Crippen LogP contribution in [-0.4, -0.2) is 51.8 Å². The van der Waals surface area contributed by atoms with Gasteiger partial charge in [-0.15, -0.1) is 0 Å². The highest BCUT2D eigenvalue weighted by Crippen LogP contribution is 2.37. The van der Waals surface area contributed by atoms with E-state index in [0.29, 0.717) is 18.1 Å². The Morgan fingerprint density at radius 2 is 2.10 bits per heavy atom. The molecule has 0 amide bonds. The molecule has 1 saturated carbocycles. The molecule has 4 bridgehead atoms. The molecule has 2 aliphatic rings. The van der Waals surface area contributed by atoms with E-state index < -0.39 is 0 Å². The first-order valence-electron chi connectivity index (χ1n) is 11.5. The molecule has 1 atom stereocenters. The zero-order valence-corrected chi connectivity index (χ0v) is 18.9. The number of aryl methyl sites for hydroxylation is 1. The van der Waals surface area contributed by atoms with E-state index in [9.17, 15) is 0 Å². The number of benzene rings is 1. The van der Waals surface area contributed by atoms with Crippen LogP contribution in [0.2, 0.25) is 0 Å². The van der Waals surface area contributed by atoms with Gasteiger partial charge in [0.15, 0.2) is 5.65 Å². The highest BCUT2D eigenvalue weighted by molar-refractivity contribution is 5.78. The van der Waals surface area contributed by atoms with Gasteiger partial charge in [-0.3, -0.25) is 4.90 Å². The van der Waals surface area contributed by atoms with E-state index in [0.717, 1.165) is 48.0 Å². The van der Waals surface area contributed by atoms with E-state index >= 15 is 0 Å². The minimum absolute atomic E-state index is 0.423. The molecular formula is C25H33N5O. The summed E-state index contributed by atoms with van der Waals surface area (Å²) in [6, 6.07) is 9.04. The molecule has 2 aromatic heterocycles. The molecule has 1 aromatic carbocycles. The lowest BCUT2D eigenvalue weighted by Crippen LogP contribution is -2.45. The molecule has 31 heavy (non-hydrogen) atoms. The van der Waals surface area contributed by atoms with E-state index in [1.807, 2.05) is 23.0 Å². The van der Waals surface area contributed by atoms with Gasteiger partial charge in [-0.1, -0.05) is 26.3 Å². The van der Waals surface area contributed by atoms with Gasteiger partial charge >= 0.3 is 0 Å². The summed E-state index contributed by atoms with van der Waals surface area (Å²) in [7, 11) is 0. The molecule has 1 aliphatic carbocycles. The molecule has 164 valence electrons. The first-order chi connectivity index (χ1) is 15.0. The minimum Gasteiger partial charge on any atom is -0.492 e. The van der Waals surface area contributed by atoms with Crippen LogP contribution >= 0.6 is 0 Å². The number of anilines is 1. The maximum atomic E-state index is 6.26. The monoisotopic (exact) mass is 419 g/mol. The third-order valence-electron chi connectivity index (χ3n) is 6.78. The van der Waals surface area contributed by atoms with Crippen molar-refractivity contribution in [3.05, 3.63) is 42.2 Å². The molecule has 5 rings (SSSR count). The van der Waals surface area contributed by atoms with Gasteiger partial charge in [0.1, 0.15) is 18.2 Å². The van der Waals surface area contributed by atoms with E-state index in [2.05, 4.69) is 54.3 Å². The Kier molecular flexibility index (Phi) is 5.34.